The van der Waals surface area contributed by atoms with Crippen LogP contribution in [0.3, 0.4) is 0 Å². The van der Waals surface area contributed by atoms with Gasteiger partial charge in [-0.15, -0.1) is 0 Å². The summed E-state index contributed by atoms with van der Waals surface area (Å²) in [5.41, 5.74) is 1.10. The van der Waals surface area contributed by atoms with E-state index in [0.29, 0.717) is 27.8 Å². The molecule has 0 spiro atoms. The van der Waals surface area contributed by atoms with Gasteiger partial charge in [-0.3, -0.25) is 4.79 Å². The van der Waals surface area contributed by atoms with Crippen LogP contribution in [0.25, 0.3) is 0 Å². The highest BCUT2D eigenvalue weighted by molar-refractivity contribution is 14.1. The summed E-state index contributed by atoms with van der Waals surface area (Å²) < 4.78 is 11.4. The molecule has 0 unspecified atom stereocenters. The Bertz CT molecular complexity index is 690. The lowest BCUT2D eigenvalue weighted by Gasteiger charge is -2.09. The van der Waals surface area contributed by atoms with Gasteiger partial charge in [-0.1, -0.05) is 23.7 Å². The van der Waals surface area contributed by atoms with Crippen molar-refractivity contribution in [2.75, 3.05) is 12.1 Å². The van der Waals surface area contributed by atoms with Crippen molar-refractivity contribution in [1.82, 2.24) is 0 Å². The molecular weight excluding hydrogens is 393 g/mol. The van der Waals surface area contributed by atoms with Gasteiger partial charge in [0.25, 0.3) is 5.91 Å². The maximum atomic E-state index is 12.2. The number of rotatable bonds is 2. The van der Waals surface area contributed by atoms with Crippen LogP contribution < -0.4 is 14.8 Å². The van der Waals surface area contributed by atoms with Gasteiger partial charge in [0, 0.05) is 15.7 Å². The van der Waals surface area contributed by atoms with E-state index >= 15 is 0 Å². The molecule has 0 fully saturated rings. The second-order valence-electron chi connectivity index (χ2n) is 4.12. The molecule has 0 saturated heterocycles. The number of carbonyl (C=O) groups is 1. The third kappa shape index (κ3) is 2.55. The van der Waals surface area contributed by atoms with Gasteiger partial charge in [0.15, 0.2) is 11.5 Å². The summed E-state index contributed by atoms with van der Waals surface area (Å²) in [7, 11) is 0. The van der Waals surface area contributed by atoms with Crippen molar-refractivity contribution in [3.63, 3.8) is 0 Å². The van der Waals surface area contributed by atoms with Crippen molar-refractivity contribution < 1.29 is 14.3 Å². The number of amides is 1. The predicted molar refractivity (Wildman–Crippen MR) is 84.7 cm³/mol. The molecule has 2 aromatic carbocycles. The Balaban J connectivity index is 1.88. The van der Waals surface area contributed by atoms with E-state index in [2.05, 4.69) is 27.9 Å². The maximum Gasteiger partial charge on any atom is 0.256 e. The van der Waals surface area contributed by atoms with E-state index in [-0.39, 0.29) is 12.7 Å². The summed E-state index contributed by atoms with van der Waals surface area (Å²) in [5.74, 6) is 0.950. The van der Waals surface area contributed by atoms with Gasteiger partial charge >= 0.3 is 0 Å². The zero-order valence-electron chi connectivity index (χ0n) is 10.2. The molecule has 1 aliphatic heterocycles. The first-order chi connectivity index (χ1) is 9.65. The van der Waals surface area contributed by atoms with Gasteiger partial charge in [-0.05, 0) is 34.7 Å². The summed E-state index contributed by atoms with van der Waals surface area (Å²) in [4.78, 5) is 12.2. The third-order valence-corrected chi connectivity index (χ3v) is 4.08. The standard InChI is InChI=1S/C14H9ClINO3/c15-9-5-12-13(20-7-19-12)6-11(9)17-14(18)8-3-1-2-4-10(8)16/h1-6H,7H2,(H,17,18). The first-order valence-electron chi connectivity index (χ1n) is 5.80. The van der Waals surface area contributed by atoms with Gasteiger partial charge in [-0.25, -0.2) is 0 Å². The molecule has 0 atom stereocenters. The van der Waals surface area contributed by atoms with Crippen LogP contribution in [0.15, 0.2) is 36.4 Å². The number of nitrogens with one attached hydrogen (secondary N) is 1. The zero-order valence-corrected chi connectivity index (χ0v) is 13.1. The first kappa shape index (κ1) is 13.5. The molecule has 0 aromatic heterocycles. The van der Waals surface area contributed by atoms with Gasteiger partial charge in [-0.2, -0.15) is 0 Å². The van der Waals surface area contributed by atoms with E-state index in [1.54, 1.807) is 18.2 Å². The molecule has 1 aliphatic rings. The largest absolute Gasteiger partial charge is 0.454 e. The number of fused-ring (bicyclic) bond motifs is 1. The summed E-state index contributed by atoms with van der Waals surface area (Å²) in [6, 6.07) is 10.6. The Morgan fingerprint density at radius 1 is 1.20 bits per heavy atom. The van der Waals surface area contributed by atoms with Gasteiger partial charge in [0.1, 0.15) is 0 Å². The van der Waals surface area contributed by atoms with E-state index < -0.39 is 0 Å². The summed E-state index contributed by atoms with van der Waals surface area (Å²) in [6.45, 7) is 0.166. The van der Waals surface area contributed by atoms with E-state index in [1.807, 2.05) is 18.2 Å². The van der Waals surface area contributed by atoms with Gasteiger partial charge in [0.2, 0.25) is 6.79 Å². The minimum atomic E-state index is -0.212. The minimum absolute atomic E-state index is 0.166. The molecule has 20 heavy (non-hydrogen) atoms. The lowest BCUT2D eigenvalue weighted by molar-refractivity contribution is 0.102. The Hall–Kier alpha value is -1.47. The highest BCUT2D eigenvalue weighted by atomic mass is 127. The average Bonchev–Trinajstić information content (AvgIpc) is 2.86. The maximum absolute atomic E-state index is 12.2. The SMILES string of the molecule is O=C(Nc1cc2c(cc1Cl)OCO2)c1ccccc1I. The second kappa shape index (κ2) is 5.49. The number of ether oxygens (including phenoxy) is 2. The molecule has 2 aromatic rings. The van der Waals surface area contributed by atoms with Crippen LogP contribution in [0.2, 0.25) is 5.02 Å². The van der Waals surface area contributed by atoms with E-state index in [0.717, 1.165) is 3.57 Å². The van der Waals surface area contributed by atoms with Crippen molar-refractivity contribution in [1.29, 1.82) is 0 Å². The summed E-state index contributed by atoms with van der Waals surface area (Å²) in [5, 5.41) is 3.20. The minimum Gasteiger partial charge on any atom is -0.454 e. The van der Waals surface area contributed by atoms with Crippen LogP contribution in [-0.2, 0) is 0 Å². The zero-order chi connectivity index (χ0) is 14.1. The number of hydrogen-bond donors (Lipinski definition) is 1. The highest BCUT2D eigenvalue weighted by Gasteiger charge is 2.18. The Morgan fingerprint density at radius 3 is 2.65 bits per heavy atom. The fraction of sp³-hybridized carbons (Fsp3) is 0.0714. The molecule has 102 valence electrons. The fourth-order valence-corrected chi connectivity index (χ4v) is 2.68. The highest BCUT2D eigenvalue weighted by Crippen LogP contribution is 2.39. The molecule has 0 bridgehead atoms. The van der Waals surface area contributed by atoms with E-state index in [9.17, 15) is 4.79 Å². The van der Waals surface area contributed by atoms with Crippen LogP contribution in [0, 0.1) is 3.57 Å². The van der Waals surface area contributed by atoms with Crippen molar-refractivity contribution in [2.24, 2.45) is 0 Å². The summed E-state index contributed by atoms with van der Waals surface area (Å²) in [6.07, 6.45) is 0. The number of halogens is 2. The topological polar surface area (TPSA) is 47.6 Å². The third-order valence-electron chi connectivity index (χ3n) is 2.83. The smallest absolute Gasteiger partial charge is 0.256 e. The van der Waals surface area contributed by atoms with Crippen LogP contribution in [-0.4, -0.2) is 12.7 Å². The van der Waals surface area contributed by atoms with E-state index in [4.69, 9.17) is 21.1 Å². The number of hydrogen-bond acceptors (Lipinski definition) is 3. The monoisotopic (exact) mass is 401 g/mol. The van der Waals surface area contributed by atoms with Crippen LogP contribution in [0.4, 0.5) is 5.69 Å². The molecule has 1 heterocycles. The number of anilines is 1. The van der Waals surface area contributed by atoms with Gasteiger partial charge < -0.3 is 14.8 Å². The van der Waals surface area contributed by atoms with Crippen molar-refractivity contribution >= 4 is 45.8 Å². The van der Waals surface area contributed by atoms with Crippen molar-refractivity contribution in [3.8, 4) is 11.5 Å². The molecule has 0 saturated carbocycles. The molecule has 1 amide bonds. The van der Waals surface area contributed by atoms with Crippen LogP contribution >= 0.6 is 34.2 Å². The average molecular weight is 402 g/mol. The lowest BCUT2D eigenvalue weighted by Crippen LogP contribution is -2.13. The Kier molecular flexibility index (Phi) is 3.71. The summed E-state index contributed by atoms with van der Waals surface area (Å²) >= 11 is 8.24. The van der Waals surface area contributed by atoms with Crippen molar-refractivity contribution in [3.05, 3.63) is 50.6 Å². The van der Waals surface area contributed by atoms with Crippen LogP contribution in [0.5, 0.6) is 11.5 Å². The van der Waals surface area contributed by atoms with Crippen molar-refractivity contribution in [2.45, 2.75) is 0 Å². The fourth-order valence-electron chi connectivity index (χ4n) is 1.85. The van der Waals surface area contributed by atoms with Crippen LogP contribution in [0.1, 0.15) is 10.4 Å². The molecule has 4 nitrogen and oxygen atoms in total. The molecule has 0 radical (unpaired) electrons. The molecule has 1 N–H and O–H groups in total. The van der Waals surface area contributed by atoms with E-state index in [1.165, 1.54) is 0 Å². The normalized spacial score (nSPS) is 12.3. The first-order valence-corrected chi connectivity index (χ1v) is 7.26. The lowest BCUT2D eigenvalue weighted by atomic mass is 10.2. The predicted octanol–water partition coefficient (Wildman–Crippen LogP) is 3.93. The number of carbonyl (C=O) groups excluding carboxylic acids is 1. The Morgan fingerprint density at radius 2 is 1.90 bits per heavy atom. The number of benzene rings is 2. The quantitative estimate of drug-likeness (QED) is 0.776. The molecule has 0 aliphatic carbocycles. The van der Waals surface area contributed by atoms with Gasteiger partial charge in [0.05, 0.1) is 16.3 Å². The molecular formula is C14H9ClINO3. The molecule has 3 rings (SSSR count). The second-order valence-corrected chi connectivity index (χ2v) is 5.69. The molecule has 6 heteroatoms. The Labute approximate surface area is 134 Å².